The highest BCUT2D eigenvalue weighted by atomic mass is 32.2. The van der Waals surface area contributed by atoms with Gasteiger partial charge in [0.25, 0.3) is 0 Å². The molecule has 0 spiro atoms. The van der Waals surface area contributed by atoms with E-state index in [1.54, 1.807) is 0 Å². The van der Waals surface area contributed by atoms with Crippen molar-refractivity contribution in [1.82, 2.24) is 0 Å². The number of hydrogen-bond donors (Lipinski definition) is 1. The summed E-state index contributed by atoms with van der Waals surface area (Å²) in [4.78, 5) is -0.0521. The fraction of sp³-hybridized carbons (Fsp3) is 0.500. The third kappa shape index (κ3) is 4.49. The van der Waals surface area contributed by atoms with E-state index >= 15 is 0 Å². The summed E-state index contributed by atoms with van der Waals surface area (Å²) in [6, 6.07) is 5.68. The van der Waals surface area contributed by atoms with Crippen molar-refractivity contribution >= 4 is 15.5 Å². The molecule has 2 N–H and O–H groups in total. The molecule has 0 heterocycles. The highest BCUT2D eigenvalue weighted by Gasteiger charge is 2.19. The molecule has 20 heavy (non-hydrogen) atoms. The normalized spacial score (nSPS) is 12.1. The zero-order valence-corrected chi connectivity index (χ0v) is 12.5. The summed E-state index contributed by atoms with van der Waals surface area (Å²) < 4.78 is 37.3. The van der Waals surface area contributed by atoms with Crippen molar-refractivity contribution in [2.24, 2.45) is 5.41 Å². The van der Waals surface area contributed by atoms with Crippen LogP contribution in [-0.2, 0) is 9.84 Å². The molecule has 0 aromatic heterocycles. The van der Waals surface area contributed by atoms with Gasteiger partial charge in [-0.3, -0.25) is 0 Å². The van der Waals surface area contributed by atoms with Crippen molar-refractivity contribution in [1.29, 1.82) is 5.26 Å². The van der Waals surface area contributed by atoms with Crippen LogP contribution < -0.4 is 5.73 Å². The highest BCUT2D eigenvalue weighted by molar-refractivity contribution is 7.91. The number of nitrogen functional groups attached to an aromatic ring is 1. The lowest BCUT2D eigenvalue weighted by atomic mass is 9.89. The fourth-order valence-electron chi connectivity index (χ4n) is 1.73. The second kappa shape index (κ2) is 6.23. The predicted molar refractivity (Wildman–Crippen MR) is 76.1 cm³/mol. The molecule has 0 amide bonds. The Morgan fingerprint density at radius 3 is 2.55 bits per heavy atom. The number of nitriles is 1. The molecule has 1 aromatic rings. The molecule has 0 atom stereocenters. The zero-order chi connectivity index (χ0) is 15.4. The molecular formula is C14H19FN2O2S. The Bertz CT molecular complexity index is 619. The minimum absolute atomic E-state index is 0.0521. The van der Waals surface area contributed by atoms with E-state index in [9.17, 15) is 12.8 Å². The summed E-state index contributed by atoms with van der Waals surface area (Å²) in [5.41, 5.74) is 4.80. The number of sulfone groups is 1. The molecule has 0 bridgehead atoms. The number of benzene rings is 1. The van der Waals surface area contributed by atoms with Gasteiger partial charge < -0.3 is 5.73 Å². The van der Waals surface area contributed by atoms with E-state index in [1.807, 2.05) is 13.8 Å². The minimum atomic E-state index is -3.50. The van der Waals surface area contributed by atoms with E-state index in [-0.39, 0.29) is 16.3 Å². The first-order valence-corrected chi connectivity index (χ1v) is 8.02. The van der Waals surface area contributed by atoms with Crippen molar-refractivity contribution in [3.05, 3.63) is 24.0 Å². The smallest absolute Gasteiger partial charge is 0.178 e. The van der Waals surface area contributed by atoms with Crippen LogP contribution in [0.3, 0.4) is 0 Å². The maximum absolute atomic E-state index is 13.3. The van der Waals surface area contributed by atoms with Gasteiger partial charge in [-0.2, -0.15) is 5.26 Å². The van der Waals surface area contributed by atoms with Crippen molar-refractivity contribution < 1.29 is 12.8 Å². The largest absolute Gasteiger partial charge is 0.396 e. The lowest BCUT2D eigenvalue weighted by Crippen LogP contribution is -2.11. The van der Waals surface area contributed by atoms with Crippen molar-refractivity contribution in [2.45, 2.75) is 38.0 Å². The van der Waals surface area contributed by atoms with E-state index in [0.717, 1.165) is 6.07 Å². The maximum Gasteiger partial charge on any atom is 0.178 e. The van der Waals surface area contributed by atoms with Gasteiger partial charge in [0.15, 0.2) is 9.84 Å². The standard InChI is InChI=1S/C14H19FN2O2S/c1-14(2,10-16)7-3-4-8-20(18,19)11-5-6-13(17)12(15)9-11/h5-6,9H,3-4,7-8,17H2,1-2H3. The van der Waals surface area contributed by atoms with E-state index in [2.05, 4.69) is 6.07 Å². The molecule has 0 aliphatic carbocycles. The van der Waals surface area contributed by atoms with Gasteiger partial charge in [-0.05, 0) is 44.9 Å². The minimum Gasteiger partial charge on any atom is -0.396 e. The maximum atomic E-state index is 13.3. The first-order valence-electron chi connectivity index (χ1n) is 6.37. The van der Waals surface area contributed by atoms with Gasteiger partial charge in [-0.1, -0.05) is 6.42 Å². The van der Waals surface area contributed by atoms with Crippen LogP contribution in [0.1, 0.15) is 33.1 Å². The molecule has 0 unspecified atom stereocenters. The monoisotopic (exact) mass is 298 g/mol. The molecular weight excluding hydrogens is 279 g/mol. The first-order chi connectivity index (χ1) is 9.18. The van der Waals surface area contributed by atoms with Crippen LogP contribution in [0.5, 0.6) is 0 Å². The molecule has 6 heteroatoms. The predicted octanol–water partition coefficient (Wildman–Crippen LogP) is 2.90. The number of anilines is 1. The molecule has 1 aromatic carbocycles. The van der Waals surface area contributed by atoms with Gasteiger partial charge >= 0.3 is 0 Å². The number of nitrogens with two attached hydrogens (primary N) is 1. The van der Waals surface area contributed by atoms with Crippen LogP contribution in [0.4, 0.5) is 10.1 Å². The van der Waals surface area contributed by atoms with Crippen LogP contribution >= 0.6 is 0 Å². The second-order valence-electron chi connectivity index (χ2n) is 5.45. The van der Waals surface area contributed by atoms with E-state index in [1.165, 1.54) is 12.1 Å². The Kier molecular flexibility index (Phi) is 5.12. The van der Waals surface area contributed by atoms with Crippen LogP contribution in [0.15, 0.2) is 23.1 Å². The van der Waals surface area contributed by atoms with Crippen molar-refractivity contribution in [2.75, 3.05) is 11.5 Å². The van der Waals surface area contributed by atoms with Crippen LogP contribution in [0.2, 0.25) is 0 Å². The first kappa shape index (κ1) is 16.4. The third-order valence-electron chi connectivity index (χ3n) is 3.10. The summed E-state index contributed by atoms with van der Waals surface area (Å²) in [7, 11) is -3.50. The number of nitrogens with zero attached hydrogens (tertiary/aromatic N) is 1. The van der Waals surface area contributed by atoms with Crippen LogP contribution in [0.25, 0.3) is 0 Å². The topological polar surface area (TPSA) is 84.0 Å². The number of rotatable bonds is 6. The molecule has 4 nitrogen and oxygen atoms in total. The van der Waals surface area contributed by atoms with Gasteiger partial charge in [0.05, 0.1) is 27.8 Å². The number of unbranched alkanes of at least 4 members (excludes halogenated alkanes) is 1. The summed E-state index contributed by atoms with van der Waals surface area (Å²) in [5.74, 6) is -0.783. The van der Waals surface area contributed by atoms with Crippen molar-refractivity contribution in [3.63, 3.8) is 0 Å². The SMILES string of the molecule is CC(C)(C#N)CCCCS(=O)(=O)c1ccc(N)c(F)c1. The fourth-order valence-corrected chi connectivity index (χ4v) is 3.11. The summed E-state index contributed by atoms with van der Waals surface area (Å²) in [6.45, 7) is 3.63. The molecule has 0 saturated heterocycles. The lowest BCUT2D eigenvalue weighted by molar-refractivity contribution is 0.431. The van der Waals surface area contributed by atoms with Crippen LogP contribution in [-0.4, -0.2) is 14.2 Å². The average Bonchev–Trinajstić information content (AvgIpc) is 2.38. The molecule has 0 aliphatic heterocycles. The second-order valence-corrected chi connectivity index (χ2v) is 7.56. The summed E-state index contributed by atoms with van der Waals surface area (Å²) in [6.07, 6.45) is 1.71. The molecule has 1 rings (SSSR count). The summed E-state index contributed by atoms with van der Waals surface area (Å²) >= 11 is 0. The van der Waals surface area contributed by atoms with Gasteiger partial charge in [-0.15, -0.1) is 0 Å². The molecule has 110 valence electrons. The molecule has 0 radical (unpaired) electrons. The lowest BCUT2D eigenvalue weighted by Gasteiger charge is -2.14. The number of halogens is 1. The Morgan fingerprint density at radius 1 is 1.35 bits per heavy atom. The Hall–Kier alpha value is -1.61. The Morgan fingerprint density at radius 2 is 2.00 bits per heavy atom. The third-order valence-corrected chi connectivity index (χ3v) is 4.90. The van der Waals surface area contributed by atoms with Crippen LogP contribution in [0, 0.1) is 22.6 Å². The Balaban J connectivity index is 2.63. The van der Waals surface area contributed by atoms with Gasteiger partial charge in [0.2, 0.25) is 0 Å². The average molecular weight is 298 g/mol. The highest BCUT2D eigenvalue weighted by Crippen LogP contribution is 2.23. The quantitative estimate of drug-likeness (QED) is 0.646. The van der Waals surface area contributed by atoms with E-state index in [4.69, 9.17) is 11.0 Å². The van der Waals surface area contributed by atoms with E-state index < -0.39 is 21.1 Å². The number of hydrogen-bond acceptors (Lipinski definition) is 4. The van der Waals surface area contributed by atoms with Gasteiger partial charge in [0, 0.05) is 0 Å². The van der Waals surface area contributed by atoms with Gasteiger partial charge in [0.1, 0.15) is 5.82 Å². The molecule has 0 aliphatic rings. The molecule has 0 fully saturated rings. The Labute approximate surface area is 119 Å². The summed E-state index contributed by atoms with van der Waals surface area (Å²) in [5, 5.41) is 8.87. The van der Waals surface area contributed by atoms with Gasteiger partial charge in [-0.25, -0.2) is 12.8 Å². The van der Waals surface area contributed by atoms with E-state index in [0.29, 0.717) is 19.3 Å². The molecule has 0 saturated carbocycles. The zero-order valence-electron chi connectivity index (χ0n) is 11.7. The van der Waals surface area contributed by atoms with Crippen molar-refractivity contribution in [3.8, 4) is 6.07 Å².